The highest BCUT2D eigenvalue weighted by molar-refractivity contribution is 9.10. The molecule has 0 aliphatic rings. The minimum Gasteiger partial charge on any atom is -0.492 e. The van der Waals surface area contributed by atoms with E-state index in [0.29, 0.717) is 35.9 Å². The number of ether oxygens (including phenoxy) is 1. The standard InChI is InChI=1S/C24H31BrN2O3/c1-4-5-6-7-14-30-22-13-8-18(16-21(22)25)24(29)27-20-11-9-19(10-12-20)26-23(28)15-17(2)3/h8-13,16-17H,4-7,14-15H2,1-3H3,(H,26,28)(H,27,29). The summed E-state index contributed by atoms with van der Waals surface area (Å²) in [6, 6.07) is 12.4. The van der Waals surface area contributed by atoms with E-state index in [1.807, 2.05) is 19.9 Å². The van der Waals surface area contributed by atoms with Gasteiger partial charge in [0.25, 0.3) is 5.91 Å². The van der Waals surface area contributed by atoms with Crippen LogP contribution in [0.15, 0.2) is 46.9 Å². The van der Waals surface area contributed by atoms with E-state index in [4.69, 9.17) is 4.74 Å². The first-order valence-electron chi connectivity index (χ1n) is 10.5. The number of carbonyl (C=O) groups is 2. The monoisotopic (exact) mass is 474 g/mol. The van der Waals surface area contributed by atoms with Crippen molar-refractivity contribution in [2.24, 2.45) is 5.92 Å². The summed E-state index contributed by atoms with van der Waals surface area (Å²) < 4.78 is 6.55. The van der Waals surface area contributed by atoms with E-state index in [2.05, 4.69) is 33.5 Å². The van der Waals surface area contributed by atoms with Gasteiger partial charge in [-0.15, -0.1) is 0 Å². The minimum atomic E-state index is -0.207. The molecule has 162 valence electrons. The molecule has 0 spiro atoms. The molecule has 2 aromatic carbocycles. The molecule has 0 aliphatic heterocycles. The number of anilines is 2. The number of unbranched alkanes of at least 4 members (excludes halogenated alkanes) is 3. The number of hydrogen-bond donors (Lipinski definition) is 2. The largest absolute Gasteiger partial charge is 0.492 e. The van der Waals surface area contributed by atoms with Crippen molar-refractivity contribution < 1.29 is 14.3 Å². The second kappa shape index (κ2) is 12.4. The number of carbonyl (C=O) groups excluding carboxylic acids is 2. The molecule has 6 heteroatoms. The molecule has 2 aromatic rings. The zero-order valence-corrected chi connectivity index (χ0v) is 19.6. The Morgan fingerprint density at radius 2 is 1.63 bits per heavy atom. The van der Waals surface area contributed by atoms with Gasteiger partial charge in [0.1, 0.15) is 5.75 Å². The number of rotatable bonds is 11. The average Bonchev–Trinajstić information content (AvgIpc) is 2.69. The van der Waals surface area contributed by atoms with Crippen molar-refractivity contribution in [1.29, 1.82) is 0 Å². The Hall–Kier alpha value is -2.34. The third-order valence-corrected chi connectivity index (χ3v) is 5.09. The van der Waals surface area contributed by atoms with Gasteiger partial charge in [0.15, 0.2) is 0 Å². The van der Waals surface area contributed by atoms with Gasteiger partial charge in [-0.1, -0.05) is 40.0 Å². The highest BCUT2D eigenvalue weighted by Gasteiger charge is 2.10. The second-order valence-electron chi connectivity index (χ2n) is 7.73. The van der Waals surface area contributed by atoms with Gasteiger partial charge < -0.3 is 15.4 Å². The van der Waals surface area contributed by atoms with Gasteiger partial charge in [-0.3, -0.25) is 9.59 Å². The lowest BCUT2D eigenvalue weighted by Crippen LogP contribution is -2.14. The van der Waals surface area contributed by atoms with Crippen molar-refractivity contribution in [2.45, 2.75) is 52.9 Å². The summed E-state index contributed by atoms with van der Waals surface area (Å²) in [5, 5.41) is 5.73. The maximum Gasteiger partial charge on any atom is 0.255 e. The lowest BCUT2D eigenvalue weighted by molar-refractivity contribution is -0.116. The van der Waals surface area contributed by atoms with Crippen LogP contribution in [0.2, 0.25) is 0 Å². The Balaban J connectivity index is 1.89. The number of nitrogens with one attached hydrogen (secondary N) is 2. The molecule has 0 fully saturated rings. The Morgan fingerprint density at radius 1 is 0.967 bits per heavy atom. The minimum absolute atomic E-state index is 0.0145. The fraction of sp³-hybridized carbons (Fsp3) is 0.417. The first-order chi connectivity index (χ1) is 14.4. The molecule has 2 amide bonds. The summed E-state index contributed by atoms with van der Waals surface area (Å²) in [5.74, 6) is 0.825. The van der Waals surface area contributed by atoms with Crippen LogP contribution < -0.4 is 15.4 Å². The van der Waals surface area contributed by atoms with Crippen LogP contribution in [0, 0.1) is 5.92 Å². The highest BCUT2D eigenvalue weighted by atomic mass is 79.9. The van der Waals surface area contributed by atoms with E-state index in [0.717, 1.165) is 23.1 Å². The van der Waals surface area contributed by atoms with Crippen LogP contribution in [0.4, 0.5) is 11.4 Å². The van der Waals surface area contributed by atoms with Gasteiger partial charge >= 0.3 is 0 Å². The highest BCUT2D eigenvalue weighted by Crippen LogP contribution is 2.27. The summed E-state index contributed by atoms with van der Waals surface area (Å²) >= 11 is 3.49. The SMILES string of the molecule is CCCCCCOc1ccc(C(=O)Nc2ccc(NC(=O)CC(C)C)cc2)cc1Br. The van der Waals surface area contributed by atoms with Crippen LogP contribution in [-0.2, 0) is 4.79 Å². The molecule has 0 aliphatic carbocycles. The molecule has 0 unspecified atom stereocenters. The number of hydrogen-bond acceptors (Lipinski definition) is 3. The van der Waals surface area contributed by atoms with Crippen molar-refractivity contribution >= 4 is 39.1 Å². The van der Waals surface area contributed by atoms with Crippen LogP contribution in [-0.4, -0.2) is 18.4 Å². The zero-order valence-electron chi connectivity index (χ0n) is 18.0. The lowest BCUT2D eigenvalue weighted by Gasteiger charge is -2.11. The normalized spacial score (nSPS) is 10.7. The number of amides is 2. The smallest absolute Gasteiger partial charge is 0.255 e. The number of halogens is 1. The second-order valence-corrected chi connectivity index (χ2v) is 8.59. The van der Waals surface area contributed by atoms with Crippen LogP contribution >= 0.6 is 15.9 Å². The van der Waals surface area contributed by atoms with E-state index in [1.165, 1.54) is 12.8 Å². The molecular weight excluding hydrogens is 444 g/mol. The molecule has 5 nitrogen and oxygen atoms in total. The predicted octanol–water partition coefficient (Wildman–Crippen LogP) is 6.65. The van der Waals surface area contributed by atoms with Crippen LogP contribution in [0.25, 0.3) is 0 Å². The quantitative estimate of drug-likeness (QED) is 0.358. The maximum atomic E-state index is 12.6. The van der Waals surface area contributed by atoms with Gasteiger partial charge in [0.2, 0.25) is 5.91 Å². The Bertz CT molecular complexity index is 835. The van der Waals surface area contributed by atoms with Gasteiger partial charge in [-0.25, -0.2) is 0 Å². The molecule has 0 atom stereocenters. The molecule has 0 bridgehead atoms. The summed E-state index contributed by atoms with van der Waals surface area (Å²) in [4.78, 5) is 24.4. The first-order valence-corrected chi connectivity index (χ1v) is 11.3. The van der Waals surface area contributed by atoms with Crippen molar-refractivity contribution in [2.75, 3.05) is 17.2 Å². The molecule has 0 saturated heterocycles. The van der Waals surface area contributed by atoms with E-state index in [9.17, 15) is 9.59 Å². The predicted molar refractivity (Wildman–Crippen MR) is 126 cm³/mol. The van der Waals surface area contributed by atoms with Gasteiger partial charge in [-0.2, -0.15) is 0 Å². The molecule has 0 saturated carbocycles. The maximum absolute atomic E-state index is 12.6. The van der Waals surface area contributed by atoms with Gasteiger partial charge in [0.05, 0.1) is 11.1 Å². The average molecular weight is 475 g/mol. The van der Waals surface area contributed by atoms with E-state index < -0.39 is 0 Å². The molecule has 2 rings (SSSR count). The van der Waals surface area contributed by atoms with Crippen molar-refractivity contribution in [3.63, 3.8) is 0 Å². The summed E-state index contributed by atoms with van der Waals surface area (Å²) in [6.07, 6.45) is 5.08. The first kappa shape index (κ1) is 23.9. The molecule has 0 heterocycles. The van der Waals surface area contributed by atoms with E-state index >= 15 is 0 Å². The van der Waals surface area contributed by atoms with Crippen LogP contribution in [0.5, 0.6) is 5.75 Å². The van der Waals surface area contributed by atoms with Gasteiger partial charge in [-0.05, 0) is 70.7 Å². The Morgan fingerprint density at radius 3 is 2.23 bits per heavy atom. The van der Waals surface area contributed by atoms with E-state index in [1.54, 1.807) is 36.4 Å². The number of benzene rings is 2. The Kier molecular flexibility index (Phi) is 9.87. The fourth-order valence-electron chi connectivity index (χ4n) is 2.89. The van der Waals surface area contributed by atoms with Crippen molar-refractivity contribution in [3.8, 4) is 5.75 Å². The fourth-order valence-corrected chi connectivity index (χ4v) is 3.39. The summed E-state index contributed by atoms with van der Waals surface area (Å²) in [7, 11) is 0. The Labute approximate surface area is 187 Å². The molecular formula is C24H31BrN2O3. The third-order valence-electron chi connectivity index (χ3n) is 4.47. The van der Waals surface area contributed by atoms with Crippen LogP contribution in [0.3, 0.4) is 0 Å². The topological polar surface area (TPSA) is 67.4 Å². The van der Waals surface area contributed by atoms with Crippen molar-refractivity contribution in [1.82, 2.24) is 0 Å². The summed E-state index contributed by atoms with van der Waals surface area (Å²) in [6.45, 7) is 6.86. The summed E-state index contributed by atoms with van der Waals surface area (Å²) in [5.41, 5.74) is 1.91. The third kappa shape index (κ3) is 8.19. The molecule has 0 radical (unpaired) electrons. The lowest BCUT2D eigenvalue weighted by atomic mass is 10.1. The van der Waals surface area contributed by atoms with Crippen LogP contribution in [0.1, 0.15) is 63.2 Å². The van der Waals surface area contributed by atoms with Crippen molar-refractivity contribution in [3.05, 3.63) is 52.5 Å². The molecule has 30 heavy (non-hydrogen) atoms. The van der Waals surface area contributed by atoms with E-state index in [-0.39, 0.29) is 11.8 Å². The molecule has 0 aromatic heterocycles. The molecule has 2 N–H and O–H groups in total. The van der Waals surface area contributed by atoms with Gasteiger partial charge in [0, 0.05) is 23.4 Å². The zero-order chi connectivity index (χ0) is 21.9.